The predicted octanol–water partition coefficient (Wildman–Crippen LogP) is 13.8. The smallest absolute Gasteiger partial charge is 0.0541 e. The Labute approximate surface area is 295 Å². The Balaban J connectivity index is 1.13. The summed E-state index contributed by atoms with van der Waals surface area (Å²) >= 11 is 0. The van der Waals surface area contributed by atoms with Gasteiger partial charge in [0.1, 0.15) is 0 Å². The lowest BCUT2D eigenvalue weighted by molar-refractivity contribution is 1.19. The summed E-state index contributed by atoms with van der Waals surface area (Å²) in [5.74, 6) is 0. The fourth-order valence-electron chi connectivity index (χ4n) is 8.50. The topological polar surface area (TPSA) is 4.93 Å². The minimum atomic E-state index is 1.18. The molecule has 0 fully saturated rings. The van der Waals surface area contributed by atoms with Crippen molar-refractivity contribution < 1.29 is 0 Å². The van der Waals surface area contributed by atoms with Crippen LogP contribution in [0.25, 0.3) is 104 Å². The molecular formula is C50H31N. The first-order valence-corrected chi connectivity index (χ1v) is 17.7. The van der Waals surface area contributed by atoms with Gasteiger partial charge in [0, 0.05) is 16.5 Å². The Morgan fingerprint density at radius 3 is 1.33 bits per heavy atom. The van der Waals surface area contributed by atoms with E-state index >= 15 is 0 Å². The van der Waals surface area contributed by atoms with Gasteiger partial charge in [-0.2, -0.15) is 0 Å². The Bertz CT molecular complexity index is 2940. The van der Waals surface area contributed by atoms with E-state index < -0.39 is 0 Å². The zero-order valence-electron chi connectivity index (χ0n) is 27.8. The van der Waals surface area contributed by atoms with Crippen LogP contribution in [0.1, 0.15) is 0 Å². The minimum absolute atomic E-state index is 1.18. The van der Waals surface area contributed by atoms with Crippen LogP contribution in [-0.2, 0) is 0 Å². The Morgan fingerprint density at radius 2 is 0.765 bits per heavy atom. The van der Waals surface area contributed by atoms with Gasteiger partial charge in [-0.1, -0.05) is 140 Å². The molecule has 11 rings (SSSR count). The largest absolute Gasteiger partial charge is 0.309 e. The lowest BCUT2D eigenvalue weighted by Crippen LogP contribution is -1.95. The number of aromatic nitrogens is 1. The van der Waals surface area contributed by atoms with Crippen LogP contribution in [0.15, 0.2) is 188 Å². The standard InChI is InChI=1S/C50H31N/c1-3-10-32(11-4-1)35-22-24-47-45(30-35)46-31-36(33-12-5-2-6-13-33)23-25-48(46)51(47)42-28-39-20-18-37-26-41(27-38-19-21-40(29-42)50(39)49(37)38)44-17-9-15-34-14-7-8-16-43(34)44/h1-31H. The van der Waals surface area contributed by atoms with Gasteiger partial charge in [-0.3, -0.25) is 0 Å². The molecule has 0 aliphatic heterocycles. The van der Waals surface area contributed by atoms with Gasteiger partial charge in [-0.15, -0.1) is 0 Å². The van der Waals surface area contributed by atoms with Crippen LogP contribution >= 0.6 is 0 Å². The average Bonchev–Trinajstić information content (AvgIpc) is 3.53. The number of fused-ring (bicyclic) bond motifs is 4. The van der Waals surface area contributed by atoms with E-state index in [1.54, 1.807) is 0 Å². The predicted molar refractivity (Wildman–Crippen MR) is 218 cm³/mol. The van der Waals surface area contributed by atoms with Gasteiger partial charge in [0.25, 0.3) is 0 Å². The highest BCUT2D eigenvalue weighted by molar-refractivity contribution is 6.25. The Kier molecular flexibility index (Phi) is 6.02. The number of hydrogen-bond donors (Lipinski definition) is 0. The highest BCUT2D eigenvalue weighted by Gasteiger charge is 2.18. The summed E-state index contributed by atoms with van der Waals surface area (Å²) in [6.07, 6.45) is 0. The van der Waals surface area contributed by atoms with Gasteiger partial charge >= 0.3 is 0 Å². The summed E-state index contributed by atoms with van der Waals surface area (Å²) in [4.78, 5) is 0. The summed E-state index contributed by atoms with van der Waals surface area (Å²) < 4.78 is 2.46. The third-order valence-electron chi connectivity index (χ3n) is 10.9. The lowest BCUT2D eigenvalue weighted by Gasteiger charge is -2.16. The number of nitrogens with zero attached hydrogens (tertiary/aromatic N) is 1. The molecule has 0 N–H and O–H groups in total. The number of rotatable bonds is 4. The van der Waals surface area contributed by atoms with E-state index in [-0.39, 0.29) is 0 Å². The second-order valence-electron chi connectivity index (χ2n) is 13.8. The third kappa shape index (κ3) is 4.35. The van der Waals surface area contributed by atoms with E-state index in [1.807, 2.05) is 0 Å². The quantitative estimate of drug-likeness (QED) is 0.168. The molecule has 236 valence electrons. The zero-order valence-corrected chi connectivity index (χ0v) is 27.8. The second kappa shape index (κ2) is 10.9. The first kappa shape index (κ1) is 28.2. The second-order valence-corrected chi connectivity index (χ2v) is 13.8. The van der Waals surface area contributed by atoms with Crippen LogP contribution in [-0.4, -0.2) is 4.57 Å². The minimum Gasteiger partial charge on any atom is -0.309 e. The van der Waals surface area contributed by atoms with Crippen molar-refractivity contribution in [2.75, 3.05) is 0 Å². The van der Waals surface area contributed by atoms with Crippen molar-refractivity contribution in [3.05, 3.63) is 188 Å². The maximum absolute atomic E-state index is 2.46. The molecule has 0 aliphatic carbocycles. The van der Waals surface area contributed by atoms with Gasteiger partial charge in [-0.25, -0.2) is 0 Å². The molecule has 51 heavy (non-hydrogen) atoms. The van der Waals surface area contributed by atoms with Crippen molar-refractivity contribution in [1.82, 2.24) is 4.57 Å². The normalized spacial score (nSPS) is 11.9. The van der Waals surface area contributed by atoms with Crippen molar-refractivity contribution in [3.63, 3.8) is 0 Å². The molecule has 1 heterocycles. The van der Waals surface area contributed by atoms with E-state index in [1.165, 1.54) is 104 Å². The average molecular weight is 646 g/mol. The van der Waals surface area contributed by atoms with E-state index in [9.17, 15) is 0 Å². The fraction of sp³-hybridized carbons (Fsp3) is 0. The molecule has 0 radical (unpaired) electrons. The van der Waals surface area contributed by atoms with Crippen LogP contribution in [0, 0.1) is 0 Å². The molecule has 1 aromatic heterocycles. The first-order valence-electron chi connectivity index (χ1n) is 17.7. The van der Waals surface area contributed by atoms with E-state index in [2.05, 4.69) is 193 Å². The van der Waals surface area contributed by atoms with Crippen LogP contribution in [0.5, 0.6) is 0 Å². The van der Waals surface area contributed by atoms with Gasteiger partial charge in [0.15, 0.2) is 0 Å². The molecule has 1 nitrogen and oxygen atoms in total. The summed E-state index contributed by atoms with van der Waals surface area (Å²) in [6.45, 7) is 0. The fourth-order valence-corrected chi connectivity index (χ4v) is 8.50. The summed E-state index contributed by atoms with van der Waals surface area (Å²) in [6, 6.07) is 69.3. The first-order chi connectivity index (χ1) is 25.3. The molecular weight excluding hydrogens is 615 g/mol. The SMILES string of the molecule is c1ccc(-c2ccc3c(c2)c2cc(-c4ccccc4)ccc2n3-c2cc3ccc4cc(-c5cccc6ccccc56)cc5ccc(c2)c3c45)cc1. The maximum atomic E-state index is 2.46. The number of benzene rings is 10. The molecule has 0 amide bonds. The Hall–Kier alpha value is -6.70. The zero-order chi connectivity index (χ0) is 33.5. The van der Waals surface area contributed by atoms with Gasteiger partial charge < -0.3 is 4.57 Å². The third-order valence-corrected chi connectivity index (χ3v) is 10.9. The molecule has 0 aliphatic rings. The molecule has 0 saturated carbocycles. The summed E-state index contributed by atoms with van der Waals surface area (Å²) in [7, 11) is 0. The monoisotopic (exact) mass is 645 g/mol. The van der Waals surface area contributed by atoms with Crippen molar-refractivity contribution >= 4 is 64.9 Å². The van der Waals surface area contributed by atoms with E-state index in [4.69, 9.17) is 0 Å². The molecule has 10 aromatic carbocycles. The molecule has 0 bridgehead atoms. The Morgan fingerprint density at radius 1 is 0.275 bits per heavy atom. The van der Waals surface area contributed by atoms with Crippen LogP contribution in [0.3, 0.4) is 0 Å². The van der Waals surface area contributed by atoms with Gasteiger partial charge in [-0.05, 0) is 125 Å². The van der Waals surface area contributed by atoms with Crippen LogP contribution in [0.4, 0.5) is 0 Å². The summed E-state index contributed by atoms with van der Waals surface area (Å²) in [5, 5.41) is 12.8. The maximum Gasteiger partial charge on any atom is 0.0541 e. The van der Waals surface area contributed by atoms with Crippen molar-refractivity contribution in [1.29, 1.82) is 0 Å². The van der Waals surface area contributed by atoms with E-state index in [0.717, 1.165) is 0 Å². The van der Waals surface area contributed by atoms with E-state index in [0.29, 0.717) is 0 Å². The molecule has 11 aromatic rings. The molecule has 0 saturated heterocycles. The molecule has 0 atom stereocenters. The van der Waals surface area contributed by atoms with Gasteiger partial charge in [0.2, 0.25) is 0 Å². The highest BCUT2D eigenvalue weighted by Crippen LogP contribution is 2.42. The lowest BCUT2D eigenvalue weighted by atomic mass is 9.90. The highest BCUT2D eigenvalue weighted by atomic mass is 15.0. The van der Waals surface area contributed by atoms with Crippen molar-refractivity contribution in [2.24, 2.45) is 0 Å². The van der Waals surface area contributed by atoms with Gasteiger partial charge in [0.05, 0.1) is 11.0 Å². The molecule has 0 spiro atoms. The summed E-state index contributed by atoms with van der Waals surface area (Å²) in [5.41, 5.74) is 11.0. The number of hydrogen-bond acceptors (Lipinski definition) is 0. The molecule has 1 heteroatoms. The molecule has 0 unspecified atom stereocenters. The van der Waals surface area contributed by atoms with Crippen molar-refractivity contribution in [3.8, 4) is 39.1 Å². The van der Waals surface area contributed by atoms with Crippen molar-refractivity contribution in [2.45, 2.75) is 0 Å². The van der Waals surface area contributed by atoms with Crippen LogP contribution in [0.2, 0.25) is 0 Å². The van der Waals surface area contributed by atoms with Crippen LogP contribution < -0.4 is 0 Å².